The molecule has 1 aromatic rings. The summed E-state index contributed by atoms with van der Waals surface area (Å²) in [7, 11) is 1.46. The number of carbonyl (C=O) groups excluding carboxylic acids is 3. The van der Waals surface area contributed by atoms with E-state index in [1.54, 1.807) is 31.2 Å². The van der Waals surface area contributed by atoms with Gasteiger partial charge in [-0.3, -0.25) is 14.9 Å². The maximum atomic E-state index is 11.5. The number of benzene rings is 1. The monoisotopic (exact) mass is 337 g/mol. The van der Waals surface area contributed by atoms with Crippen LogP contribution in [0.3, 0.4) is 0 Å². The van der Waals surface area contributed by atoms with Crippen molar-refractivity contribution in [3.05, 3.63) is 28.7 Å². The average molecular weight is 337 g/mol. The van der Waals surface area contributed by atoms with Gasteiger partial charge < -0.3 is 14.2 Å². The summed E-state index contributed by atoms with van der Waals surface area (Å²) in [4.78, 5) is 34.3. The van der Waals surface area contributed by atoms with Crippen LogP contribution in [-0.4, -0.2) is 37.4 Å². The second-order valence-electron chi connectivity index (χ2n) is 4.36. The summed E-state index contributed by atoms with van der Waals surface area (Å²) in [5.41, 5.74) is 0.665. The van der Waals surface area contributed by atoms with Crippen molar-refractivity contribution in [3.63, 3.8) is 0 Å². The van der Waals surface area contributed by atoms with E-state index in [4.69, 9.17) is 14.2 Å². The molecule has 0 bridgehead atoms. The first kappa shape index (κ1) is 16.9. The van der Waals surface area contributed by atoms with Crippen LogP contribution < -0.4 is 14.8 Å². The zero-order valence-corrected chi connectivity index (χ0v) is 13.4. The van der Waals surface area contributed by atoms with E-state index in [2.05, 4.69) is 5.32 Å². The molecular weight excluding hydrogens is 322 g/mol. The van der Waals surface area contributed by atoms with Crippen LogP contribution in [0.15, 0.2) is 23.1 Å². The average Bonchev–Trinajstić information content (AvgIpc) is 2.83. The lowest BCUT2D eigenvalue weighted by molar-refractivity contribution is -0.145. The normalized spacial score (nSPS) is 15.5. The van der Waals surface area contributed by atoms with E-state index in [1.165, 1.54) is 7.11 Å². The number of rotatable bonds is 6. The number of methoxy groups -OCH3 is 1. The van der Waals surface area contributed by atoms with Crippen molar-refractivity contribution in [1.29, 1.82) is 0 Å². The Morgan fingerprint density at radius 1 is 1.30 bits per heavy atom. The van der Waals surface area contributed by atoms with Crippen LogP contribution in [0.25, 0.3) is 6.08 Å². The summed E-state index contributed by atoms with van der Waals surface area (Å²) in [5.74, 6) is -0.124. The van der Waals surface area contributed by atoms with Gasteiger partial charge in [0.15, 0.2) is 18.1 Å². The molecule has 1 aromatic carbocycles. The summed E-state index contributed by atoms with van der Waals surface area (Å²) in [6, 6.07) is 4.95. The van der Waals surface area contributed by atoms with Gasteiger partial charge in [0.1, 0.15) is 0 Å². The first-order valence-corrected chi connectivity index (χ1v) is 7.56. The van der Waals surface area contributed by atoms with E-state index < -0.39 is 17.1 Å². The second-order valence-corrected chi connectivity index (χ2v) is 5.37. The van der Waals surface area contributed by atoms with Crippen molar-refractivity contribution in [1.82, 2.24) is 5.32 Å². The van der Waals surface area contributed by atoms with Gasteiger partial charge in [0.2, 0.25) is 0 Å². The predicted molar refractivity (Wildman–Crippen MR) is 84.2 cm³/mol. The van der Waals surface area contributed by atoms with Crippen molar-refractivity contribution in [2.24, 2.45) is 0 Å². The molecule has 0 aromatic heterocycles. The topological polar surface area (TPSA) is 90.9 Å². The molecule has 1 N–H and O–H groups in total. The third-order valence-corrected chi connectivity index (χ3v) is 3.59. The Hall–Kier alpha value is -2.48. The molecule has 1 fully saturated rings. The maximum absolute atomic E-state index is 11.5. The molecule has 122 valence electrons. The molecule has 0 spiro atoms. The molecule has 0 saturated carbocycles. The first-order valence-electron chi connectivity index (χ1n) is 6.74. The summed E-state index contributed by atoms with van der Waals surface area (Å²) < 4.78 is 15.3. The molecule has 23 heavy (non-hydrogen) atoms. The Balaban J connectivity index is 2.13. The molecule has 0 unspecified atom stereocenters. The number of amides is 2. The molecule has 0 aliphatic carbocycles. The summed E-state index contributed by atoms with van der Waals surface area (Å²) in [5, 5.41) is 1.78. The quantitative estimate of drug-likeness (QED) is 0.627. The highest BCUT2D eigenvalue weighted by Gasteiger charge is 2.25. The highest BCUT2D eigenvalue weighted by Crippen LogP contribution is 2.31. The van der Waals surface area contributed by atoms with Gasteiger partial charge in [0.05, 0.1) is 18.6 Å². The number of nitrogens with one attached hydrogen (secondary N) is 1. The van der Waals surface area contributed by atoms with Crippen molar-refractivity contribution < 1.29 is 28.6 Å². The molecule has 1 aliphatic rings. The van der Waals surface area contributed by atoms with Gasteiger partial charge in [-0.1, -0.05) is 6.07 Å². The molecule has 2 rings (SSSR count). The van der Waals surface area contributed by atoms with Gasteiger partial charge in [0.25, 0.3) is 11.1 Å². The summed E-state index contributed by atoms with van der Waals surface area (Å²) in [6.07, 6.45) is 1.57. The fourth-order valence-electron chi connectivity index (χ4n) is 1.80. The van der Waals surface area contributed by atoms with Crippen molar-refractivity contribution in [3.8, 4) is 11.5 Å². The van der Waals surface area contributed by atoms with Gasteiger partial charge in [-0.2, -0.15) is 0 Å². The minimum absolute atomic E-state index is 0.225. The van der Waals surface area contributed by atoms with Crippen molar-refractivity contribution >= 4 is 35.0 Å². The molecular formula is C15H15NO6S. The van der Waals surface area contributed by atoms with E-state index >= 15 is 0 Å². The first-order chi connectivity index (χ1) is 11.0. The molecule has 0 radical (unpaired) electrons. The van der Waals surface area contributed by atoms with Crippen LogP contribution in [0.5, 0.6) is 11.5 Å². The van der Waals surface area contributed by atoms with E-state index in [-0.39, 0.29) is 13.2 Å². The van der Waals surface area contributed by atoms with Gasteiger partial charge >= 0.3 is 5.97 Å². The number of hydrogen-bond acceptors (Lipinski definition) is 7. The predicted octanol–water partition coefficient (Wildman–Crippen LogP) is 1.96. The molecule has 7 nitrogen and oxygen atoms in total. The number of thioether (sulfide) groups is 1. The second kappa shape index (κ2) is 7.68. The van der Waals surface area contributed by atoms with Crippen LogP contribution in [0.1, 0.15) is 12.5 Å². The minimum atomic E-state index is -0.474. The molecule has 1 aliphatic heterocycles. The lowest BCUT2D eigenvalue weighted by Gasteiger charge is -2.11. The zero-order chi connectivity index (χ0) is 16.8. The standard InChI is InChI=1S/C15H15NO6S/c1-3-21-13(17)8-22-10-5-4-9(6-11(10)20-2)7-12-14(18)16-15(19)23-12/h4-7H,3,8H2,1-2H3,(H,16,18,19)/b12-7+. The smallest absolute Gasteiger partial charge is 0.344 e. The third kappa shape index (κ3) is 4.49. The zero-order valence-electron chi connectivity index (χ0n) is 12.6. The summed E-state index contributed by atoms with van der Waals surface area (Å²) in [6.45, 7) is 1.77. The van der Waals surface area contributed by atoms with Crippen LogP contribution in [0.4, 0.5) is 4.79 Å². The third-order valence-electron chi connectivity index (χ3n) is 2.78. The van der Waals surface area contributed by atoms with Crippen LogP contribution in [0.2, 0.25) is 0 Å². The van der Waals surface area contributed by atoms with E-state index in [0.29, 0.717) is 22.0 Å². The van der Waals surface area contributed by atoms with Gasteiger partial charge in [-0.05, 0) is 42.5 Å². The number of esters is 1. The van der Waals surface area contributed by atoms with Crippen LogP contribution in [0, 0.1) is 0 Å². The van der Waals surface area contributed by atoms with Gasteiger partial charge in [0, 0.05) is 0 Å². The number of hydrogen-bond donors (Lipinski definition) is 1. The Morgan fingerprint density at radius 2 is 2.09 bits per heavy atom. The SMILES string of the molecule is CCOC(=O)COc1ccc(/C=C2/SC(=O)NC2=O)cc1OC. The van der Waals surface area contributed by atoms with Crippen molar-refractivity contribution in [2.45, 2.75) is 6.92 Å². The molecule has 0 atom stereocenters. The Kier molecular flexibility index (Phi) is 5.64. The molecule has 1 saturated heterocycles. The number of imide groups is 1. The lowest BCUT2D eigenvalue weighted by Crippen LogP contribution is -2.17. The highest BCUT2D eigenvalue weighted by molar-refractivity contribution is 8.18. The molecule has 2 amide bonds. The van der Waals surface area contributed by atoms with Gasteiger partial charge in [-0.15, -0.1) is 0 Å². The number of ether oxygens (including phenoxy) is 3. The Morgan fingerprint density at radius 3 is 2.70 bits per heavy atom. The Labute approximate surface area is 137 Å². The van der Waals surface area contributed by atoms with Crippen LogP contribution in [-0.2, 0) is 14.3 Å². The fourth-order valence-corrected chi connectivity index (χ4v) is 2.49. The Bertz CT molecular complexity index is 670. The van der Waals surface area contributed by atoms with Gasteiger partial charge in [-0.25, -0.2) is 4.79 Å². The lowest BCUT2D eigenvalue weighted by atomic mass is 10.2. The van der Waals surface area contributed by atoms with Crippen molar-refractivity contribution in [2.75, 3.05) is 20.3 Å². The largest absolute Gasteiger partial charge is 0.493 e. The van der Waals surface area contributed by atoms with E-state index in [9.17, 15) is 14.4 Å². The minimum Gasteiger partial charge on any atom is -0.493 e. The fraction of sp³-hybridized carbons (Fsp3) is 0.267. The van der Waals surface area contributed by atoms with E-state index in [0.717, 1.165) is 11.8 Å². The van der Waals surface area contributed by atoms with Crippen LogP contribution >= 0.6 is 11.8 Å². The highest BCUT2D eigenvalue weighted by atomic mass is 32.2. The number of carbonyl (C=O) groups is 3. The molecule has 1 heterocycles. The molecule has 8 heteroatoms. The maximum Gasteiger partial charge on any atom is 0.344 e. The van der Waals surface area contributed by atoms with E-state index in [1.807, 2.05) is 0 Å². The summed E-state index contributed by atoms with van der Waals surface area (Å²) >= 11 is 0.834.